The molecule has 17 heavy (non-hydrogen) atoms. The third-order valence-electron chi connectivity index (χ3n) is 2.81. The van der Waals surface area contributed by atoms with E-state index in [1.807, 2.05) is 26.0 Å². The van der Waals surface area contributed by atoms with Crippen LogP contribution in [0.15, 0.2) is 16.5 Å². The summed E-state index contributed by atoms with van der Waals surface area (Å²) >= 11 is 0. The molecule has 1 fully saturated rings. The highest BCUT2D eigenvalue weighted by Crippen LogP contribution is 2.14. The molecule has 0 bridgehead atoms. The molecular weight excluding hydrogens is 220 g/mol. The van der Waals surface area contributed by atoms with Crippen LogP contribution in [0.5, 0.6) is 0 Å². The van der Waals surface area contributed by atoms with Gasteiger partial charge in [0.15, 0.2) is 0 Å². The molecule has 2 N–H and O–H groups in total. The van der Waals surface area contributed by atoms with Crippen LogP contribution < -0.4 is 10.6 Å². The number of hydrogen-bond acceptors (Lipinski definition) is 4. The van der Waals surface area contributed by atoms with Gasteiger partial charge in [0.05, 0.1) is 12.1 Å². The lowest BCUT2D eigenvalue weighted by Gasteiger charge is -2.38. The highest BCUT2D eigenvalue weighted by atomic mass is 16.5. The van der Waals surface area contributed by atoms with Gasteiger partial charge in [-0.25, -0.2) is 0 Å². The van der Waals surface area contributed by atoms with E-state index in [1.54, 1.807) is 0 Å². The Labute approximate surface area is 101 Å². The van der Waals surface area contributed by atoms with Crippen LogP contribution in [-0.4, -0.2) is 31.2 Å². The molecule has 0 radical (unpaired) electrons. The van der Waals surface area contributed by atoms with Gasteiger partial charge in [0.2, 0.25) is 5.91 Å². The Morgan fingerprint density at radius 1 is 1.59 bits per heavy atom. The van der Waals surface area contributed by atoms with E-state index in [-0.39, 0.29) is 18.1 Å². The van der Waals surface area contributed by atoms with Crippen molar-refractivity contribution in [2.24, 2.45) is 0 Å². The average Bonchev–Trinajstić information content (AvgIpc) is 2.67. The van der Waals surface area contributed by atoms with Gasteiger partial charge in [0.1, 0.15) is 18.1 Å². The number of furan rings is 1. The number of ether oxygens (including phenoxy) is 1. The minimum absolute atomic E-state index is 0.0951. The van der Waals surface area contributed by atoms with Crippen molar-refractivity contribution in [3.63, 3.8) is 0 Å². The maximum Gasteiger partial charge on any atom is 0.246 e. The molecule has 0 atom stereocenters. The van der Waals surface area contributed by atoms with Gasteiger partial charge in [-0.3, -0.25) is 4.79 Å². The lowest BCUT2D eigenvalue weighted by molar-refractivity contribution is -0.136. The summed E-state index contributed by atoms with van der Waals surface area (Å²) in [6, 6.07) is 3.73. The van der Waals surface area contributed by atoms with Crippen LogP contribution in [0, 0.1) is 6.92 Å². The molecule has 0 aliphatic carbocycles. The molecule has 1 aromatic rings. The van der Waals surface area contributed by atoms with Gasteiger partial charge in [-0.2, -0.15) is 0 Å². The maximum atomic E-state index is 11.5. The molecule has 1 aromatic heterocycles. The average molecular weight is 238 g/mol. The van der Waals surface area contributed by atoms with Crippen LogP contribution in [0.4, 0.5) is 0 Å². The predicted octanol–water partition coefficient (Wildman–Crippen LogP) is 0.583. The molecule has 2 heterocycles. The van der Waals surface area contributed by atoms with Crippen molar-refractivity contribution < 1.29 is 13.9 Å². The van der Waals surface area contributed by atoms with E-state index >= 15 is 0 Å². The molecule has 1 aliphatic rings. The van der Waals surface area contributed by atoms with Crippen molar-refractivity contribution in [2.75, 3.05) is 19.7 Å². The first-order valence-corrected chi connectivity index (χ1v) is 5.74. The first-order valence-electron chi connectivity index (χ1n) is 5.74. The Kier molecular flexibility index (Phi) is 3.49. The molecule has 1 aliphatic heterocycles. The van der Waals surface area contributed by atoms with E-state index in [2.05, 4.69) is 10.6 Å². The van der Waals surface area contributed by atoms with E-state index in [9.17, 15) is 4.79 Å². The molecule has 0 saturated carbocycles. The standard InChI is InChI=1S/C12H18N2O3/c1-9-3-4-10(17-9)5-14-11(15)6-16-12(2)7-13-8-12/h3-4,13H,5-8H2,1-2H3,(H,14,15). The number of rotatable bonds is 5. The lowest BCUT2D eigenvalue weighted by atomic mass is 10.0. The van der Waals surface area contributed by atoms with Crippen LogP contribution in [0.1, 0.15) is 18.4 Å². The normalized spacial score (nSPS) is 17.5. The topological polar surface area (TPSA) is 63.5 Å². The number of aryl methyl sites for hydroxylation is 1. The highest BCUT2D eigenvalue weighted by Gasteiger charge is 2.32. The SMILES string of the molecule is Cc1ccc(CNC(=O)COC2(C)CNC2)o1. The van der Waals surface area contributed by atoms with E-state index < -0.39 is 0 Å². The summed E-state index contributed by atoms with van der Waals surface area (Å²) in [7, 11) is 0. The van der Waals surface area contributed by atoms with Crippen LogP contribution in [0.2, 0.25) is 0 Å². The Hall–Kier alpha value is -1.33. The van der Waals surface area contributed by atoms with Gasteiger partial charge in [0, 0.05) is 13.1 Å². The van der Waals surface area contributed by atoms with Crippen molar-refractivity contribution in [2.45, 2.75) is 26.0 Å². The molecule has 0 spiro atoms. The van der Waals surface area contributed by atoms with Crippen molar-refractivity contribution in [3.8, 4) is 0 Å². The van der Waals surface area contributed by atoms with Crippen molar-refractivity contribution >= 4 is 5.91 Å². The fraction of sp³-hybridized carbons (Fsp3) is 0.583. The summed E-state index contributed by atoms with van der Waals surface area (Å²) in [6.45, 7) is 5.98. The fourth-order valence-corrected chi connectivity index (χ4v) is 1.64. The Balaban J connectivity index is 1.67. The number of carbonyl (C=O) groups is 1. The minimum atomic E-state index is -0.182. The Bertz CT molecular complexity index is 396. The van der Waals surface area contributed by atoms with E-state index in [1.165, 1.54) is 0 Å². The summed E-state index contributed by atoms with van der Waals surface area (Å²) in [5.74, 6) is 1.48. The quantitative estimate of drug-likeness (QED) is 0.787. The van der Waals surface area contributed by atoms with E-state index in [0.717, 1.165) is 24.6 Å². The van der Waals surface area contributed by atoms with Gasteiger partial charge in [-0.1, -0.05) is 0 Å². The summed E-state index contributed by atoms with van der Waals surface area (Å²) < 4.78 is 10.9. The van der Waals surface area contributed by atoms with Crippen LogP contribution in [0.25, 0.3) is 0 Å². The third-order valence-corrected chi connectivity index (χ3v) is 2.81. The van der Waals surface area contributed by atoms with Gasteiger partial charge >= 0.3 is 0 Å². The third kappa shape index (κ3) is 3.31. The maximum absolute atomic E-state index is 11.5. The Morgan fingerprint density at radius 3 is 2.88 bits per heavy atom. The fourth-order valence-electron chi connectivity index (χ4n) is 1.64. The predicted molar refractivity (Wildman–Crippen MR) is 62.5 cm³/mol. The largest absolute Gasteiger partial charge is 0.465 e. The van der Waals surface area contributed by atoms with Gasteiger partial charge < -0.3 is 19.8 Å². The molecular formula is C12H18N2O3. The van der Waals surface area contributed by atoms with Crippen LogP contribution >= 0.6 is 0 Å². The van der Waals surface area contributed by atoms with E-state index in [4.69, 9.17) is 9.15 Å². The molecule has 0 aromatic carbocycles. The van der Waals surface area contributed by atoms with Crippen LogP contribution in [0.3, 0.4) is 0 Å². The summed E-state index contributed by atoms with van der Waals surface area (Å²) in [5, 5.41) is 5.87. The number of nitrogens with one attached hydrogen (secondary N) is 2. The van der Waals surface area contributed by atoms with Crippen molar-refractivity contribution in [1.82, 2.24) is 10.6 Å². The van der Waals surface area contributed by atoms with Crippen molar-refractivity contribution in [1.29, 1.82) is 0 Å². The van der Waals surface area contributed by atoms with Gasteiger partial charge in [-0.05, 0) is 26.0 Å². The zero-order valence-corrected chi connectivity index (χ0v) is 10.2. The smallest absolute Gasteiger partial charge is 0.246 e. The zero-order chi connectivity index (χ0) is 12.3. The second-order valence-corrected chi connectivity index (χ2v) is 4.63. The van der Waals surface area contributed by atoms with E-state index in [0.29, 0.717) is 6.54 Å². The zero-order valence-electron chi connectivity index (χ0n) is 10.2. The molecule has 1 amide bonds. The summed E-state index contributed by atoms with van der Waals surface area (Å²) in [5.41, 5.74) is -0.182. The highest BCUT2D eigenvalue weighted by molar-refractivity contribution is 5.77. The van der Waals surface area contributed by atoms with Crippen molar-refractivity contribution in [3.05, 3.63) is 23.7 Å². The Morgan fingerprint density at radius 2 is 2.35 bits per heavy atom. The van der Waals surface area contributed by atoms with Gasteiger partial charge in [-0.15, -0.1) is 0 Å². The summed E-state index contributed by atoms with van der Waals surface area (Å²) in [6.07, 6.45) is 0. The molecule has 0 unspecified atom stereocenters. The number of amides is 1. The van der Waals surface area contributed by atoms with Gasteiger partial charge in [0.25, 0.3) is 0 Å². The first kappa shape index (κ1) is 12.1. The second-order valence-electron chi connectivity index (χ2n) is 4.63. The molecule has 1 saturated heterocycles. The molecule has 94 valence electrons. The monoisotopic (exact) mass is 238 g/mol. The molecule has 5 nitrogen and oxygen atoms in total. The second kappa shape index (κ2) is 4.89. The lowest BCUT2D eigenvalue weighted by Crippen LogP contribution is -2.59. The first-order chi connectivity index (χ1) is 8.07. The summed E-state index contributed by atoms with van der Waals surface area (Å²) in [4.78, 5) is 11.5. The molecule has 5 heteroatoms. The number of hydrogen-bond donors (Lipinski definition) is 2. The minimum Gasteiger partial charge on any atom is -0.465 e. The number of carbonyl (C=O) groups excluding carboxylic acids is 1. The molecule has 2 rings (SSSR count). The van der Waals surface area contributed by atoms with Crippen LogP contribution in [-0.2, 0) is 16.1 Å².